The van der Waals surface area contributed by atoms with Crippen LogP contribution in [0.5, 0.6) is 0 Å². The first-order chi connectivity index (χ1) is 31.4. The summed E-state index contributed by atoms with van der Waals surface area (Å²) in [7, 11) is 6.22. The van der Waals surface area contributed by atoms with Gasteiger partial charge in [-0.25, -0.2) is 9.59 Å². The van der Waals surface area contributed by atoms with E-state index >= 15 is 0 Å². The maximum Gasteiger partial charge on any atom is 0.338 e. The van der Waals surface area contributed by atoms with E-state index in [1.54, 1.807) is 62.7 Å². The van der Waals surface area contributed by atoms with Crippen molar-refractivity contribution in [1.29, 1.82) is 0 Å². The van der Waals surface area contributed by atoms with Crippen molar-refractivity contribution in [2.24, 2.45) is 5.73 Å². The number of benzene rings is 2. The fourth-order valence-corrected chi connectivity index (χ4v) is 10.8. The van der Waals surface area contributed by atoms with Gasteiger partial charge in [0.1, 0.15) is 18.9 Å². The summed E-state index contributed by atoms with van der Waals surface area (Å²) < 4.78 is 24.6. The molecule has 2 aromatic carbocycles. The number of aromatic amines is 1. The van der Waals surface area contributed by atoms with Crippen LogP contribution in [-0.2, 0) is 28.5 Å². The molecule has 0 fully saturated rings. The quantitative estimate of drug-likeness (QED) is 0.0369. The third-order valence-electron chi connectivity index (χ3n) is 10.4. The molecule has 5 rings (SSSR count). The summed E-state index contributed by atoms with van der Waals surface area (Å²) >= 11 is 0. The van der Waals surface area contributed by atoms with E-state index in [9.17, 15) is 29.1 Å². The van der Waals surface area contributed by atoms with Gasteiger partial charge in [0.2, 0.25) is 11.9 Å². The molecule has 16 nitrogen and oxygen atoms in total. The molecule has 4 aromatic rings. The molecule has 0 aliphatic carbocycles. The number of ketones is 1. The van der Waals surface area contributed by atoms with E-state index in [0.717, 1.165) is 5.56 Å². The summed E-state index contributed by atoms with van der Waals surface area (Å²) in [6.45, 7) is 4.55. The number of fused-ring (bicyclic) bond motifs is 7. The highest BCUT2D eigenvalue weighted by Gasteiger charge is 2.33. The Labute approximate surface area is 394 Å². The zero-order valence-electron chi connectivity index (χ0n) is 36.8. The molecule has 0 saturated carbocycles. The van der Waals surface area contributed by atoms with Crippen LogP contribution in [0.2, 0.25) is 0 Å². The SMILES string of the molecule is CSSC(C)c1ccc2cc1C(=O)OCCCCC(=O)NCC#Cc1cn(c3nc(N)[nH]c(=O)c13)[C@H](O)C[C@@H](OC(=O)c1ccccc1C(C)SSC)C[C@@H]2C(=O)COCCOCCN. The average Bonchev–Trinajstić information content (AvgIpc) is 3.66. The molecule has 1 aliphatic heterocycles. The molecular weight excluding hydrogens is 913 g/mol. The number of aliphatic hydroxyl groups is 1. The van der Waals surface area contributed by atoms with Crippen LogP contribution in [0, 0.1) is 11.8 Å². The second-order valence-electron chi connectivity index (χ2n) is 15.0. The van der Waals surface area contributed by atoms with Crippen LogP contribution in [-0.4, -0.2) is 108 Å². The predicted molar refractivity (Wildman–Crippen MR) is 259 cm³/mol. The predicted octanol–water partition coefficient (Wildman–Crippen LogP) is 6.10. The molecule has 7 N–H and O–H groups in total. The summed E-state index contributed by atoms with van der Waals surface area (Å²) in [5, 5.41) is 14.7. The normalized spacial score (nSPS) is 18.5. The molecular formula is C45H56N6O10S4. The molecule has 2 aromatic heterocycles. The molecule has 20 heteroatoms. The number of nitrogens with zero attached hydrogens (tertiary/aromatic N) is 2. The second-order valence-corrected chi connectivity index (χ2v) is 20.6. The maximum atomic E-state index is 14.5. The molecule has 4 bridgehead atoms. The lowest BCUT2D eigenvalue weighted by Gasteiger charge is -2.27. The van der Waals surface area contributed by atoms with Gasteiger partial charge in [-0.2, -0.15) is 4.98 Å². The Balaban J connectivity index is 1.65. The van der Waals surface area contributed by atoms with Crippen molar-refractivity contribution >= 4 is 83.8 Å². The van der Waals surface area contributed by atoms with E-state index in [4.69, 9.17) is 30.4 Å². The fraction of sp³-hybridized carbons (Fsp3) is 0.467. The Hall–Kier alpha value is -4.46. The zero-order valence-corrected chi connectivity index (χ0v) is 40.1. The molecule has 350 valence electrons. The van der Waals surface area contributed by atoms with E-state index in [2.05, 4.69) is 27.1 Å². The van der Waals surface area contributed by atoms with Gasteiger partial charge >= 0.3 is 11.9 Å². The second kappa shape index (κ2) is 26.0. The Morgan fingerprint density at radius 2 is 1.74 bits per heavy atom. The van der Waals surface area contributed by atoms with Crippen LogP contribution in [0.15, 0.2) is 53.5 Å². The van der Waals surface area contributed by atoms with Crippen molar-refractivity contribution in [3.63, 3.8) is 0 Å². The van der Waals surface area contributed by atoms with E-state index < -0.39 is 35.7 Å². The Morgan fingerprint density at radius 1 is 1.00 bits per heavy atom. The highest BCUT2D eigenvalue weighted by Crippen LogP contribution is 2.40. The highest BCUT2D eigenvalue weighted by molar-refractivity contribution is 8.76. The number of aromatic nitrogens is 3. The van der Waals surface area contributed by atoms with Gasteiger partial charge in [0.15, 0.2) is 11.4 Å². The molecule has 1 aliphatic rings. The number of esters is 2. The number of ether oxygens (including phenoxy) is 4. The number of nitrogens with one attached hydrogen (secondary N) is 2. The van der Waals surface area contributed by atoms with Crippen molar-refractivity contribution in [3.8, 4) is 11.8 Å². The summed E-state index contributed by atoms with van der Waals surface area (Å²) in [6, 6.07) is 12.3. The van der Waals surface area contributed by atoms with Crippen molar-refractivity contribution in [2.45, 2.75) is 74.7 Å². The minimum atomic E-state index is -1.51. The number of hydrogen-bond donors (Lipinski definition) is 5. The van der Waals surface area contributed by atoms with E-state index in [1.165, 1.54) is 21.6 Å². The number of rotatable bonds is 16. The summed E-state index contributed by atoms with van der Waals surface area (Å²) in [5.74, 6) is 2.59. The third kappa shape index (κ3) is 14.5. The number of cyclic esters (lactones) is 1. The molecule has 1 amide bonds. The van der Waals surface area contributed by atoms with Crippen molar-refractivity contribution in [3.05, 3.63) is 92.4 Å². The topological polar surface area (TPSA) is 240 Å². The van der Waals surface area contributed by atoms with Gasteiger partial charge in [-0.15, -0.1) is 0 Å². The van der Waals surface area contributed by atoms with Gasteiger partial charge in [0, 0.05) is 42.0 Å². The van der Waals surface area contributed by atoms with Gasteiger partial charge in [-0.1, -0.05) is 85.3 Å². The largest absolute Gasteiger partial charge is 0.462 e. The lowest BCUT2D eigenvalue weighted by molar-refractivity contribution is -0.126. The van der Waals surface area contributed by atoms with Gasteiger partial charge in [-0.05, 0) is 74.4 Å². The highest BCUT2D eigenvalue weighted by atomic mass is 33.1. The fourth-order valence-electron chi connectivity index (χ4n) is 7.30. The standard InChI is InChI=1S/C45H56N6O10S4/c1-27(64-62-3)32-11-5-6-12-34(32)44(57)61-31-23-35(37(52)26-59-21-20-58-19-16-46)29-14-15-33(28(2)65-63-4)36(22-29)43(56)60-18-8-7-13-38(53)48-17-9-10-30-25-51(39(54)24-31)41-40(30)42(55)50-45(47)49-41/h5-6,11-12,14-15,22,25,27-28,31,35,39,54H,7-8,13,16-21,23-24,26,46H2,1-4H3,(H,48,53)(H3,47,49,50,55)/t27?,28?,31-,35-,39+/m0/s1. The summed E-state index contributed by atoms with van der Waals surface area (Å²) in [5.41, 5.74) is 13.6. The molecule has 5 atom stereocenters. The van der Waals surface area contributed by atoms with E-state index in [0.29, 0.717) is 42.7 Å². The van der Waals surface area contributed by atoms with Gasteiger partial charge < -0.3 is 45.4 Å². The molecule has 0 saturated heterocycles. The van der Waals surface area contributed by atoms with Crippen LogP contribution >= 0.6 is 43.2 Å². The number of anilines is 1. The Bertz CT molecular complexity index is 2400. The van der Waals surface area contributed by atoms with Crippen LogP contribution in [0.3, 0.4) is 0 Å². The number of carbonyl (C=O) groups is 4. The van der Waals surface area contributed by atoms with Crippen LogP contribution in [0.25, 0.3) is 11.0 Å². The van der Waals surface area contributed by atoms with E-state index in [1.807, 2.05) is 38.5 Å². The summed E-state index contributed by atoms with van der Waals surface area (Å²) in [6.07, 6.45) is 3.20. The number of nitrogen functional groups attached to an aromatic ring is 1. The molecule has 0 radical (unpaired) electrons. The molecule has 2 unspecified atom stereocenters. The Kier molecular flexibility index (Phi) is 20.6. The minimum Gasteiger partial charge on any atom is -0.462 e. The minimum absolute atomic E-state index is 0.0117. The number of nitrogens with two attached hydrogens (primary N) is 2. The van der Waals surface area contributed by atoms with Gasteiger partial charge in [0.25, 0.3) is 5.56 Å². The van der Waals surface area contributed by atoms with Crippen molar-refractivity contribution in [1.82, 2.24) is 19.9 Å². The number of Topliss-reactive ketones (excluding diaryl/α,β-unsaturated/α-hetero) is 1. The monoisotopic (exact) mass is 968 g/mol. The number of carbonyl (C=O) groups excluding carboxylic acids is 4. The molecule has 0 spiro atoms. The number of hydrogen-bond acceptors (Lipinski definition) is 17. The maximum absolute atomic E-state index is 14.5. The van der Waals surface area contributed by atoms with Crippen LogP contribution in [0.4, 0.5) is 5.95 Å². The third-order valence-corrected chi connectivity index (χ3v) is 14.8. The first kappa shape index (κ1) is 51.5. The van der Waals surface area contributed by atoms with Crippen molar-refractivity contribution in [2.75, 3.05) is 64.4 Å². The smallest absolute Gasteiger partial charge is 0.338 e. The van der Waals surface area contributed by atoms with Crippen LogP contribution in [0.1, 0.15) is 112 Å². The Morgan fingerprint density at radius 3 is 2.49 bits per heavy atom. The lowest BCUT2D eigenvalue weighted by Crippen LogP contribution is -2.30. The van der Waals surface area contributed by atoms with E-state index in [-0.39, 0.29) is 103 Å². The number of H-pyrrole nitrogens is 1. The van der Waals surface area contributed by atoms with Crippen LogP contribution < -0.4 is 22.3 Å². The van der Waals surface area contributed by atoms with Crippen molar-refractivity contribution < 1.29 is 43.2 Å². The zero-order chi connectivity index (χ0) is 46.9. The lowest BCUT2D eigenvalue weighted by atomic mass is 9.86. The number of amides is 1. The molecule has 65 heavy (non-hydrogen) atoms. The first-order valence-corrected chi connectivity index (χ1v) is 26.3. The van der Waals surface area contributed by atoms with Gasteiger partial charge in [0.05, 0.1) is 55.0 Å². The number of aliphatic hydroxyl groups excluding tert-OH is 1. The summed E-state index contributed by atoms with van der Waals surface area (Å²) in [4.78, 5) is 75.6. The molecule has 3 heterocycles. The first-order valence-electron chi connectivity index (χ1n) is 21.1. The van der Waals surface area contributed by atoms with Gasteiger partial charge in [-0.3, -0.25) is 19.4 Å². The average molecular weight is 969 g/mol.